The number of benzene rings is 2. The molecule has 1 amide bonds. The minimum Gasteiger partial charge on any atom is -0.319 e. The number of hydrogen-bond donors (Lipinski definition) is 1. The summed E-state index contributed by atoms with van der Waals surface area (Å²) in [6.07, 6.45) is 0. The van der Waals surface area contributed by atoms with Crippen molar-refractivity contribution in [3.05, 3.63) is 65.5 Å². The predicted molar refractivity (Wildman–Crippen MR) is 65.5 cm³/mol. The maximum atomic E-state index is 13.4. The van der Waals surface area contributed by atoms with Crippen molar-refractivity contribution in [2.24, 2.45) is 0 Å². The van der Waals surface area contributed by atoms with Crippen molar-refractivity contribution in [3.8, 4) is 0 Å². The van der Waals surface area contributed by atoms with Crippen molar-refractivity contribution < 1.29 is 9.18 Å². The van der Waals surface area contributed by atoms with Gasteiger partial charge in [0.05, 0.1) is 5.69 Å². The van der Waals surface area contributed by atoms with Gasteiger partial charge in [-0.25, -0.2) is 4.39 Å². The number of halogens is 1. The second-order valence-corrected chi connectivity index (χ2v) is 3.75. The Hall–Kier alpha value is -2.16. The lowest BCUT2D eigenvalue weighted by molar-refractivity contribution is 0.102. The lowest BCUT2D eigenvalue weighted by atomic mass is 10.1. The predicted octanol–water partition coefficient (Wildman–Crippen LogP) is 3.39. The lowest BCUT2D eigenvalue weighted by Crippen LogP contribution is -2.14. The fourth-order valence-corrected chi connectivity index (χ4v) is 1.58. The van der Waals surface area contributed by atoms with E-state index in [1.807, 2.05) is 19.1 Å². The van der Waals surface area contributed by atoms with E-state index in [2.05, 4.69) is 5.32 Å². The summed E-state index contributed by atoms with van der Waals surface area (Å²) in [4.78, 5) is 11.9. The molecule has 0 aliphatic rings. The maximum absolute atomic E-state index is 13.4. The molecular formula is C14H12FNO. The van der Waals surface area contributed by atoms with Crippen LogP contribution in [-0.2, 0) is 0 Å². The van der Waals surface area contributed by atoms with Crippen LogP contribution in [0.1, 0.15) is 15.9 Å². The molecule has 0 saturated heterocycles. The van der Waals surface area contributed by atoms with Gasteiger partial charge in [-0.15, -0.1) is 0 Å². The van der Waals surface area contributed by atoms with Gasteiger partial charge < -0.3 is 5.32 Å². The number of amides is 1. The molecule has 0 aromatic heterocycles. The molecule has 0 atom stereocenters. The lowest BCUT2D eigenvalue weighted by Gasteiger charge is -2.07. The molecule has 0 radical (unpaired) electrons. The fraction of sp³-hybridized carbons (Fsp3) is 0.0714. The normalized spacial score (nSPS) is 10.0. The monoisotopic (exact) mass is 229 g/mol. The second-order valence-electron chi connectivity index (χ2n) is 3.75. The number of para-hydroxylation sites is 1. The Morgan fingerprint density at radius 3 is 2.41 bits per heavy atom. The molecule has 17 heavy (non-hydrogen) atoms. The summed E-state index contributed by atoms with van der Waals surface area (Å²) in [5.74, 6) is -0.734. The molecule has 0 aliphatic carbocycles. The standard InChI is InChI=1S/C14H12FNO/c1-10-6-2-3-7-11(10)14(17)16-13-9-5-4-8-12(13)15/h2-9H,1H3,(H,16,17). The molecular weight excluding hydrogens is 217 g/mol. The molecule has 2 rings (SSSR count). The van der Waals surface area contributed by atoms with Crippen molar-refractivity contribution in [2.45, 2.75) is 6.92 Å². The fourth-order valence-electron chi connectivity index (χ4n) is 1.58. The van der Waals surface area contributed by atoms with E-state index in [4.69, 9.17) is 0 Å². The summed E-state index contributed by atoms with van der Waals surface area (Å²) in [6, 6.07) is 13.3. The van der Waals surface area contributed by atoms with Crippen molar-refractivity contribution >= 4 is 11.6 Å². The molecule has 0 saturated carbocycles. The van der Waals surface area contributed by atoms with E-state index in [-0.39, 0.29) is 11.6 Å². The number of carbonyl (C=O) groups excluding carboxylic acids is 1. The molecule has 0 spiro atoms. The highest BCUT2D eigenvalue weighted by atomic mass is 19.1. The Morgan fingerprint density at radius 2 is 1.71 bits per heavy atom. The molecule has 1 N–H and O–H groups in total. The molecule has 0 fully saturated rings. The highest BCUT2D eigenvalue weighted by Crippen LogP contribution is 2.15. The van der Waals surface area contributed by atoms with Crippen molar-refractivity contribution in [1.29, 1.82) is 0 Å². The van der Waals surface area contributed by atoms with Crippen LogP contribution < -0.4 is 5.32 Å². The summed E-state index contributed by atoms with van der Waals surface area (Å²) in [5, 5.41) is 2.55. The van der Waals surface area contributed by atoms with Gasteiger partial charge in [-0.3, -0.25) is 4.79 Å². The van der Waals surface area contributed by atoms with Crippen LogP contribution in [0.3, 0.4) is 0 Å². The van der Waals surface area contributed by atoms with Crippen LogP contribution in [-0.4, -0.2) is 5.91 Å². The molecule has 2 aromatic carbocycles. The topological polar surface area (TPSA) is 29.1 Å². The summed E-state index contributed by atoms with van der Waals surface area (Å²) in [5.41, 5.74) is 1.61. The van der Waals surface area contributed by atoms with E-state index in [1.165, 1.54) is 12.1 Å². The van der Waals surface area contributed by atoms with Crippen LogP contribution >= 0.6 is 0 Å². The molecule has 0 unspecified atom stereocenters. The molecule has 3 heteroatoms. The Bertz CT molecular complexity index is 551. The molecule has 86 valence electrons. The van der Waals surface area contributed by atoms with Gasteiger partial charge in [-0.2, -0.15) is 0 Å². The largest absolute Gasteiger partial charge is 0.319 e. The summed E-state index contributed by atoms with van der Waals surface area (Å²) in [7, 11) is 0. The van der Waals surface area contributed by atoms with Gasteiger partial charge in [0.15, 0.2) is 0 Å². The molecule has 2 aromatic rings. The Morgan fingerprint density at radius 1 is 1.06 bits per heavy atom. The number of anilines is 1. The Labute approximate surface area is 99.1 Å². The molecule has 0 bridgehead atoms. The van der Waals surface area contributed by atoms with Gasteiger partial charge in [0.1, 0.15) is 5.82 Å². The van der Waals surface area contributed by atoms with E-state index >= 15 is 0 Å². The number of carbonyl (C=O) groups is 1. The highest BCUT2D eigenvalue weighted by Gasteiger charge is 2.10. The number of hydrogen-bond acceptors (Lipinski definition) is 1. The third-order valence-electron chi connectivity index (χ3n) is 2.51. The third kappa shape index (κ3) is 2.50. The minimum atomic E-state index is -0.436. The second kappa shape index (κ2) is 4.78. The van der Waals surface area contributed by atoms with Gasteiger partial charge in [0.2, 0.25) is 0 Å². The number of aryl methyl sites for hydroxylation is 1. The number of nitrogens with one attached hydrogen (secondary N) is 1. The van der Waals surface area contributed by atoms with Gasteiger partial charge in [-0.1, -0.05) is 30.3 Å². The number of rotatable bonds is 2. The van der Waals surface area contributed by atoms with Gasteiger partial charge in [-0.05, 0) is 30.7 Å². The molecule has 0 aliphatic heterocycles. The van der Waals surface area contributed by atoms with E-state index < -0.39 is 5.82 Å². The smallest absolute Gasteiger partial charge is 0.256 e. The van der Waals surface area contributed by atoms with Crippen molar-refractivity contribution in [3.63, 3.8) is 0 Å². The summed E-state index contributed by atoms with van der Waals surface area (Å²) < 4.78 is 13.4. The first kappa shape index (κ1) is 11.3. The highest BCUT2D eigenvalue weighted by molar-refractivity contribution is 6.05. The zero-order valence-corrected chi connectivity index (χ0v) is 9.41. The van der Waals surface area contributed by atoms with E-state index in [9.17, 15) is 9.18 Å². The van der Waals surface area contributed by atoms with Crippen molar-refractivity contribution in [2.75, 3.05) is 5.32 Å². The minimum absolute atomic E-state index is 0.195. The first-order chi connectivity index (χ1) is 8.18. The average molecular weight is 229 g/mol. The van der Waals surface area contributed by atoms with E-state index in [0.717, 1.165) is 5.56 Å². The molecule has 2 nitrogen and oxygen atoms in total. The van der Waals surface area contributed by atoms with E-state index in [1.54, 1.807) is 24.3 Å². The third-order valence-corrected chi connectivity index (χ3v) is 2.51. The van der Waals surface area contributed by atoms with Crippen LogP contribution in [0.15, 0.2) is 48.5 Å². The van der Waals surface area contributed by atoms with Crippen LogP contribution in [0, 0.1) is 12.7 Å². The first-order valence-corrected chi connectivity index (χ1v) is 5.30. The van der Waals surface area contributed by atoms with Crippen LogP contribution in [0.2, 0.25) is 0 Å². The maximum Gasteiger partial charge on any atom is 0.256 e. The quantitative estimate of drug-likeness (QED) is 0.840. The zero-order valence-electron chi connectivity index (χ0n) is 9.41. The van der Waals surface area contributed by atoms with Crippen LogP contribution in [0.4, 0.5) is 10.1 Å². The molecule has 0 heterocycles. The van der Waals surface area contributed by atoms with Crippen LogP contribution in [0.5, 0.6) is 0 Å². The van der Waals surface area contributed by atoms with Gasteiger partial charge in [0, 0.05) is 5.56 Å². The Kier molecular flexibility index (Phi) is 3.19. The Balaban J connectivity index is 2.24. The SMILES string of the molecule is Cc1ccccc1C(=O)Nc1ccccc1F. The van der Waals surface area contributed by atoms with Crippen molar-refractivity contribution in [1.82, 2.24) is 0 Å². The van der Waals surface area contributed by atoms with Gasteiger partial charge >= 0.3 is 0 Å². The van der Waals surface area contributed by atoms with Crippen LogP contribution in [0.25, 0.3) is 0 Å². The summed E-state index contributed by atoms with van der Waals surface area (Å²) in [6.45, 7) is 1.84. The van der Waals surface area contributed by atoms with Gasteiger partial charge in [0.25, 0.3) is 5.91 Å². The summed E-state index contributed by atoms with van der Waals surface area (Å²) >= 11 is 0. The first-order valence-electron chi connectivity index (χ1n) is 5.30. The average Bonchev–Trinajstić information content (AvgIpc) is 2.32. The zero-order chi connectivity index (χ0) is 12.3. The van der Waals surface area contributed by atoms with E-state index in [0.29, 0.717) is 5.56 Å².